The minimum atomic E-state index is -5.08. The highest BCUT2D eigenvalue weighted by molar-refractivity contribution is 6.07. The molecule has 0 aliphatic rings. The Bertz CT molecular complexity index is 1090. The summed E-state index contributed by atoms with van der Waals surface area (Å²) in [5.41, 5.74) is -3.30. The Kier molecular flexibility index (Phi) is 5.73. The van der Waals surface area contributed by atoms with E-state index in [4.69, 9.17) is 0 Å². The molecule has 0 aliphatic carbocycles. The number of halogens is 6. The lowest BCUT2D eigenvalue weighted by molar-refractivity contribution is -0.143. The van der Waals surface area contributed by atoms with Gasteiger partial charge in [-0.2, -0.15) is 31.4 Å². The topological polar surface area (TPSA) is 76.0 Å². The summed E-state index contributed by atoms with van der Waals surface area (Å²) in [5, 5.41) is 7.36. The van der Waals surface area contributed by atoms with Crippen LogP contribution in [0.1, 0.15) is 21.7 Å². The molecule has 0 aliphatic heterocycles. The van der Waals surface area contributed by atoms with E-state index in [1.807, 2.05) is 0 Å². The number of benzene rings is 2. The maximum Gasteiger partial charge on any atom is 0.435 e. The van der Waals surface area contributed by atoms with Gasteiger partial charge in [0.15, 0.2) is 5.69 Å². The van der Waals surface area contributed by atoms with Gasteiger partial charge in [0.1, 0.15) is 5.69 Å². The van der Waals surface area contributed by atoms with Crippen LogP contribution in [0.25, 0.3) is 5.69 Å². The van der Waals surface area contributed by atoms with Crippen LogP contribution in [-0.4, -0.2) is 21.7 Å². The van der Waals surface area contributed by atoms with Crippen LogP contribution in [0.4, 0.5) is 36.8 Å². The summed E-state index contributed by atoms with van der Waals surface area (Å²) < 4.78 is 77.9. The van der Waals surface area contributed by atoms with Gasteiger partial charge in [0, 0.05) is 17.3 Å². The number of alkyl halides is 6. The molecule has 3 aromatic rings. The number of nitrogens with one attached hydrogen (secondary N) is 2. The van der Waals surface area contributed by atoms with Gasteiger partial charge in [0.2, 0.25) is 0 Å². The summed E-state index contributed by atoms with van der Waals surface area (Å²) in [6.45, 7) is 0. The predicted molar refractivity (Wildman–Crippen MR) is 96.5 cm³/mol. The number of urea groups is 1. The van der Waals surface area contributed by atoms with Crippen LogP contribution in [0, 0.1) is 0 Å². The molecule has 0 spiro atoms. The monoisotopic (exact) mass is 442 g/mol. The molecule has 31 heavy (non-hydrogen) atoms. The fourth-order valence-corrected chi connectivity index (χ4v) is 2.53. The fraction of sp³-hybridized carbons (Fsp3) is 0.105. The van der Waals surface area contributed by atoms with Gasteiger partial charge in [-0.3, -0.25) is 10.1 Å². The molecule has 162 valence electrons. The van der Waals surface area contributed by atoms with Crippen LogP contribution in [-0.2, 0) is 12.4 Å². The molecule has 0 saturated carbocycles. The normalized spacial score (nSPS) is 11.8. The van der Waals surface area contributed by atoms with Gasteiger partial charge in [-0.25, -0.2) is 9.48 Å². The Hall–Kier alpha value is -3.83. The first kappa shape index (κ1) is 21.9. The molecule has 3 amide bonds. The number of carbonyl (C=O) groups excluding carboxylic acids is 2. The van der Waals surface area contributed by atoms with Gasteiger partial charge in [0.25, 0.3) is 5.91 Å². The van der Waals surface area contributed by atoms with E-state index in [1.165, 1.54) is 12.1 Å². The molecule has 0 unspecified atom stereocenters. The molecule has 12 heteroatoms. The van der Waals surface area contributed by atoms with E-state index in [-0.39, 0.29) is 27.7 Å². The second-order valence-electron chi connectivity index (χ2n) is 6.14. The highest BCUT2D eigenvalue weighted by Crippen LogP contribution is 2.36. The molecule has 3 rings (SSSR count). The molecule has 0 fully saturated rings. The van der Waals surface area contributed by atoms with E-state index in [9.17, 15) is 35.9 Å². The highest BCUT2D eigenvalue weighted by atomic mass is 19.4. The molecule has 0 bridgehead atoms. The second-order valence-corrected chi connectivity index (χ2v) is 6.14. The molecule has 0 atom stereocenters. The van der Waals surface area contributed by atoms with Crippen molar-refractivity contribution in [2.24, 2.45) is 0 Å². The van der Waals surface area contributed by atoms with E-state index in [2.05, 4.69) is 15.7 Å². The summed E-state index contributed by atoms with van der Waals surface area (Å²) in [6, 6.07) is 11.2. The average molecular weight is 442 g/mol. The third kappa shape index (κ3) is 5.21. The number of amides is 3. The molecule has 2 aromatic carbocycles. The Labute approximate surface area is 170 Å². The summed E-state index contributed by atoms with van der Waals surface area (Å²) in [6.07, 6.45) is -10.1. The van der Waals surface area contributed by atoms with Crippen molar-refractivity contribution >= 4 is 17.6 Å². The Morgan fingerprint density at radius 1 is 0.839 bits per heavy atom. The Morgan fingerprint density at radius 2 is 1.45 bits per heavy atom. The smallest absolute Gasteiger partial charge is 0.308 e. The van der Waals surface area contributed by atoms with Gasteiger partial charge in [-0.15, -0.1) is 0 Å². The van der Waals surface area contributed by atoms with Crippen LogP contribution in [0.3, 0.4) is 0 Å². The molecule has 2 N–H and O–H groups in total. The second kappa shape index (κ2) is 8.13. The summed E-state index contributed by atoms with van der Waals surface area (Å²) in [4.78, 5) is 23.8. The number of hydrogen-bond acceptors (Lipinski definition) is 3. The number of hydrogen-bond donors (Lipinski definition) is 2. The third-order valence-electron chi connectivity index (χ3n) is 3.92. The lowest BCUT2D eigenvalue weighted by Gasteiger charge is -2.11. The number of nitrogens with zero attached hydrogens (tertiary/aromatic N) is 2. The molecule has 6 nitrogen and oxygen atoms in total. The number of anilines is 1. The Morgan fingerprint density at radius 3 is 2.00 bits per heavy atom. The minimum Gasteiger partial charge on any atom is -0.308 e. The molecule has 0 radical (unpaired) electrons. The third-order valence-corrected chi connectivity index (χ3v) is 3.92. The van der Waals surface area contributed by atoms with Crippen LogP contribution in [0.2, 0.25) is 0 Å². The van der Waals surface area contributed by atoms with Gasteiger partial charge in [-0.1, -0.05) is 18.2 Å². The first-order valence-electron chi connectivity index (χ1n) is 8.47. The van der Waals surface area contributed by atoms with Crippen molar-refractivity contribution in [1.29, 1.82) is 0 Å². The summed E-state index contributed by atoms with van der Waals surface area (Å²) >= 11 is 0. The molecule has 1 heterocycles. The molecule has 0 saturated heterocycles. The van der Waals surface area contributed by atoms with Crippen LogP contribution < -0.4 is 10.6 Å². The van der Waals surface area contributed by atoms with Crippen LogP contribution in [0.15, 0.2) is 60.7 Å². The van der Waals surface area contributed by atoms with Crippen molar-refractivity contribution in [3.8, 4) is 5.69 Å². The van der Waals surface area contributed by atoms with Crippen molar-refractivity contribution < 1.29 is 35.9 Å². The van der Waals surface area contributed by atoms with Crippen molar-refractivity contribution in [3.63, 3.8) is 0 Å². The average Bonchev–Trinajstić information content (AvgIpc) is 3.16. The fourth-order valence-electron chi connectivity index (χ4n) is 2.53. The number of imide groups is 1. The zero-order valence-electron chi connectivity index (χ0n) is 15.3. The van der Waals surface area contributed by atoms with E-state index < -0.39 is 35.7 Å². The van der Waals surface area contributed by atoms with Crippen molar-refractivity contribution in [2.75, 3.05) is 5.32 Å². The van der Waals surface area contributed by atoms with E-state index in [1.54, 1.807) is 18.2 Å². The zero-order valence-corrected chi connectivity index (χ0v) is 15.3. The molecule has 1 aromatic heterocycles. The lowest BCUT2D eigenvalue weighted by atomic mass is 10.2. The predicted octanol–water partition coefficient (Wildman–Crippen LogP) is 4.87. The van der Waals surface area contributed by atoms with E-state index >= 15 is 0 Å². The number of carbonyl (C=O) groups is 2. The number of rotatable bonds is 3. The quantitative estimate of drug-likeness (QED) is 0.569. The SMILES string of the molecule is O=C(NC(=O)c1ccccc1)Nc1ccc(-n2nc(C(F)(F)F)cc2C(F)(F)F)cc1. The molecular weight excluding hydrogens is 430 g/mol. The first-order chi connectivity index (χ1) is 14.4. The van der Waals surface area contributed by atoms with Gasteiger partial charge in [-0.05, 0) is 36.4 Å². The van der Waals surface area contributed by atoms with Gasteiger partial charge >= 0.3 is 18.4 Å². The maximum absolute atomic E-state index is 13.1. The number of aromatic nitrogens is 2. The van der Waals surface area contributed by atoms with Crippen LogP contribution >= 0.6 is 0 Å². The lowest BCUT2D eigenvalue weighted by Crippen LogP contribution is -2.34. The van der Waals surface area contributed by atoms with Crippen molar-refractivity contribution in [1.82, 2.24) is 15.1 Å². The van der Waals surface area contributed by atoms with Crippen LogP contribution in [0.5, 0.6) is 0 Å². The summed E-state index contributed by atoms with van der Waals surface area (Å²) in [5.74, 6) is -0.680. The van der Waals surface area contributed by atoms with Gasteiger partial charge in [0.05, 0.1) is 5.69 Å². The zero-order chi connectivity index (χ0) is 22.8. The first-order valence-corrected chi connectivity index (χ1v) is 8.47. The van der Waals surface area contributed by atoms with Crippen molar-refractivity contribution in [3.05, 3.63) is 77.6 Å². The Balaban J connectivity index is 1.77. The van der Waals surface area contributed by atoms with Crippen molar-refractivity contribution in [2.45, 2.75) is 12.4 Å². The van der Waals surface area contributed by atoms with E-state index in [0.717, 1.165) is 24.3 Å². The molecular formula is C19H12F6N4O2. The largest absolute Gasteiger partial charge is 0.435 e. The standard InChI is InChI=1S/C19H12F6N4O2/c20-18(21,22)14-10-15(19(23,24)25)29(28-14)13-8-6-12(7-9-13)26-17(31)27-16(30)11-4-2-1-3-5-11/h1-10H,(H2,26,27,30,31). The minimum absolute atomic E-state index is 0.0823. The highest BCUT2D eigenvalue weighted by Gasteiger charge is 2.42. The van der Waals surface area contributed by atoms with E-state index in [0.29, 0.717) is 0 Å². The summed E-state index contributed by atoms with van der Waals surface area (Å²) in [7, 11) is 0. The maximum atomic E-state index is 13.1. The van der Waals surface area contributed by atoms with Gasteiger partial charge < -0.3 is 5.32 Å².